The molecule has 1 amide bonds. The number of aliphatic hydroxyl groups excluding tert-OH is 1. The second kappa shape index (κ2) is 33.6. The topological polar surface area (TPSA) is 69.6 Å². The number of unbranched alkanes of at least 4 members (excludes halogenated alkanes) is 18. The fourth-order valence-electron chi connectivity index (χ4n) is 6.05. The lowest BCUT2D eigenvalue weighted by Gasteiger charge is -2.37. The maximum atomic E-state index is 11.3. The van der Waals surface area contributed by atoms with Crippen molar-refractivity contribution >= 4 is 6.09 Å². The second-order valence-electron chi connectivity index (χ2n) is 13.4. The molecule has 0 bridgehead atoms. The number of carbonyl (C=O) groups is 1. The van der Waals surface area contributed by atoms with Crippen LogP contribution in [0.1, 0.15) is 188 Å². The van der Waals surface area contributed by atoms with Gasteiger partial charge in [-0.25, -0.2) is 4.79 Å². The van der Waals surface area contributed by atoms with Crippen molar-refractivity contribution in [3.8, 4) is 0 Å². The Morgan fingerprint density at radius 1 is 0.556 bits per heavy atom. The van der Waals surface area contributed by atoms with Crippen molar-refractivity contribution in [2.45, 2.75) is 194 Å². The van der Waals surface area contributed by atoms with Gasteiger partial charge in [0.05, 0.1) is 6.10 Å². The van der Waals surface area contributed by atoms with E-state index in [2.05, 4.69) is 67.8 Å². The van der Waals surface area contributed by atoms with Crippen LogP contribution in [0.15, 0.2) is 48.6 Å². The van der Waals surface area contributed by atoms with Crippen LogP contribution in [0.25, 0.3) is 0 Å². The van der Waals surface area contributed by atoms with Gasteiger partial charge in [0.15, 0.2) is 0 Å². The second-order valence-corrected chi connectivity index (χ2v) is 13.4. The van der Waals surface area contributed by atoms with Gasteiger partial charge in [0.2, 0.25) is 0 Å². The molecule has 0 spiro atoms. The number of amides is 1. The number of hydrogen-bond donors (Lipinski definition) is 3. The average molecular weight is 630 g/mol. The standard InChI is InChI=1S/C41H75NO3/c1-4-6-8-10-12-14-16-18-20-22-24-26-28-30-32-34-36-41(39(3)43,38-42-40(44)45)37-35-33-31-29-27-25-23-21-19-17-15-13-11-9-7-5-2/h12-15,18-21,39,42-43H,4-11,16-17,22-38H2,1-3H3,(H,44,45). The molecular weight excluding hydrogens is 554 g/mol. The normalized spacial score (nSPS) is 14.3. The van der Waals surface area contributed by atoms with Gasteiger partial charge in [-0.15, -0.1) is 0 Å². The first-order valence-electron chi connectivity index (χ1n) is 19.2. The van der Waals surface area contributed by atoms with E-state index in [0.717, 1.165) is 51.4 Å². The van der Waals surface area contributed by atoms with Crippen LogP contribution in [0.4, 0.5) is 4.79 Å². The largest absolute Gasteiger partial charge is 0.465 e. The van der Waals surface area contributed by atoms with Gasteiger partial charge in [0.1, 0.15) is 0 Å². The van der Waals surface area contributed by atoms with Crippen LogP contribution in [0.5, 0.6) is 0 Å². The minimum absolute atomic E-state index is 0.348. The molecule has 0 aliphatic carbocycles. The smallest absolute Gasteiger partial charge is 0.404 e. The quantitative estimate of drug-likeness (QED) is 0.0499. The molecule has 4 nitrogen and oxygen atoms in total. The first-order chi connectivity index (χ1) is 22.0. The molecule has 0 rings (SSSR count). The van der Waals surface area contributed by atoms with E-state index >= 15 is 0 Å². The van der Waals surface area contributed by atoms with Crippen LogP contribution in [0.2, 0.25) is 0 Å². The molecule has 0 aliphatic heterocycles. The number of aliphatic hydroxyl groups is 1. The molecule has 45 heavy (non-hydrogen) atoms. The van der Waals surface area contributed by atoms with Gasteiger partial charge < -0.3 is 15.5 Å². The average Bonchev–Trinajstić information content (AvgIpc) is 3.02. The summed E-state index contributed by atoms with van der Waals surface area (Å²) in [7, 11) is 0. The molecular formula is C41H75NO3. The van der Waals surface area contributed by atoms with Crippen LogP contribution < -0.4 is 5.32 Å². The Morgan fingerprint density at radius 2 is 0.889 bits per heavy atom. The molecule has 4 heteroatoms. The molecule has 0 saturated heterocycles. The summed E-state index contributed by atoms with van der Waals surface area (Å²) in [6.45, 7) is 6.70. The van der Waals surface area contributed by atoms with E-state index in [0.29, 0.717) is 6.54 Å². The molecule has 0 aromatic rings. The van der Waals surface area contributed by atoms with Gasteiger partial charge >= 0.3 is 6.09 Å². The molecule has 0 aromatic heterocycles. The zero-order chi connectivity index (χ0) is 33.1. The predicted molar refractivity (Wildman–Crippen MR) is 198 cm³/mol. The van der Waals surface area contributed by atoms with E-state index in [1.807, 2.05) is 6.92 Å². The molecule has 1 unspecified atom stereocenters. The maximum absolute atomic E-state index is 11.3. The molecule has 0 saturated carbocycles. The van der Waals surface area contributed by atoms with Crippen molar-refractivity contribution in [1.82, 2.24) is 5.32 Å². The summed E-state index contributed by atoms with van der Waals surface area (Å²) < 4.78 is 0. The zero-order valence-corrected chi connectivity index (χ0v) is 30.1. The van der Waals surface area contributed by atoms with Crippen molar-refractivity contribution in [2.75, 3.05) is 6.54 Å². The zero-order valence-electron chi connectivity index (χ0n) is 30.1. The van der Waals surface area contributed by atoms with E-state index in [1.54, 1.807) is 0 Å². The molecule has 0 aromatic carbocycles. The van der Waals surface area contributed by atoms with Crippen molar-refractivity contribution in [1.29, 1.82) is 0 Å². The van der Waals surface area contributed by atoms with Gasteiger partial charge in [0, 0.05) is 12.0 Å². The summed E-state index contributed by atoms with van der Waals surface area (Å²) >= 11 is 0. The Labute approximate surface area is 280 Å². The van der Waals surface area contributed by atoms with E-state index in [9.17, 15) is 15.0 Å². The highest BCUT2D eigenvalue weighted by Crippen LogP contribution is 2.35. The molecule has 0 aliphatic rings. The van der Waals surface area contributed by atoms with Crippen LogP contribution in [0, 0.1) is 5.41 Å². The van der Waals surface area contributed by atoms with Crippen LogP contribution >= 0.6 is 0 Å². The Morgan fingerprint density at radius 3 is 1.22 bits per heavy atom. The SMILES string of the molecule is CCCCCC=CCC=CCCCCCCCCC(CCCCCCCCC=CCC=CCCCCC)(CNC(=O)O)C(C)O. The fourth-order valence-corrected chi connectivity index (χ4v) is 6.05. The summed E-state index contributed by atoms with van der Waals surface area (Å²) in [6, 6.07) is 0. The highest BCUT2D eigenvalue weighted by atomic mass is 16.4. The minimum Gasteiger partial charge on any atom is -0.465 e. The summed E-state index contributed by atoms with van der Waals surface area (Å²) in [5.41, 5.74) is -0.358. The summed E-state index contributed by atoms with van der Waals surface area (Å²) in [5, 5.41) is 22.7. The summed E-state index contributed by atoms with van der Waals surface area (Å²) in [5.74, 6) is 0. The number of hydrogen-bond acceptors (Lipinski definition) is 2. The van der Waals surface area contributed by atoms with Gasteiger partial charge in [-0.05, 0) is 84.0 Å². The molecule has 262 valence electrons. The lowest BCUT2D eigenvalue weighted by molar-refractivity contribution is 0.0208. The van der Waals surface area contributed by atoms with Crippen LogP contribution in [-0.4, -0.2) is 29.0 Å². The van der Waals surface area contributed by atoms with Crippen LogP contribution in [0.3, 0.4) is 0 Å². The summed E-state index contributed by atoms with van der Waals surface area (Å²) in [6.07, 6.45) is 47.9. The Hall–Kier alpha value is -1.81. The highest BCUT2D eigenvalue weighted by molar-refractivity contribution is 5.64. The van der Waals surface area contributed by atoms with E-state index in [-0.39, 0.29) is 5.41 Å². The lowest BCUT2D eigenvalue weighted by Crippen LogP contribution is -2.44. The van der Waals surface area contributed by atoms with Crippen molar-refractivity contribution < 1.29 is 15.0 Å². The highest BCUT2D eigenvalue weighted by Gasteiger charge is 2.34. The maximum Gasteiger partial charge on any atom is 0.404 e. The minimum atomic E-state index is -0.992. The molecule has 0 radical (unpaired) electrons. The number of nitrogens with one attached hydrogen (secondary N) is 1. The Kier molecular flexibility index (Phi) is 32.2. The number of allylic oxidation sites excluding steroid dienone is 8. The first-order valence-corrected chi connectivity index (χ1v) is 19.2. The van der Waals surface area contributed by atoms with Gasteiger partial charge in [-0.3, -0.25) is 0 Å². The third kappa shape index (κ3) is 29.3. The van der Waals surface area contributed by atoms with E-state index in [4.69, 9.17) is 0 Å². The van der Waals surface area contributed by atoms with E-state index in [1.165, 1.54) is 116 Å². The molecule has 0 fully saturated rings. The van der Waals surface area contributed by atoms with Gasteiger partial charge in [-0.1, -0.05) is 152 Å². The summed E-state index contributed by atoms with van der Waals surface area (Å²) in [4.78, 5) is 11.3. The Balaban J connectivity index is 4.12. The Bertz CT molecular complexity index is 704. The monoisotopic (exact) mass is 630 g/mol. The predicted octanol–water partition coefficient (Wildman–Crippen LogP) is 13.0. The first kappa shape index (κ1) is 43.2. The molecule has 3 N–H and O–H groups in total. The molecule has 0 heterocycles. The number of rotatable bonds is 33. The molecule has 1 atom stereocenters. The van der Waals surface area contributed by atoms with Crippen molar-refractivity contribution in [3.63, 3.8) is 0 Å². The third-order valence-electron chi connectivity index (χ3n) is 9.23. The van der Waals surface area contributed by atoms with Crippen LogP contribution in [-0.2, 0) is 0 Å². The fraction of sp³-hybridized carbons (Fsp3) is 0.780. The number of carboxylic acid groups (broad SMARTS) is 1. The van der Waals surface area contributed by atoms with Gasteiger partial charge in [0.25, 0.3) is 0 Å². The van der Waals surface area contributed by atoms with E-state index < -0.39 is 12.2 Å². The van der Waals surface area contributed by atoms with Crippen molar-refractivity contribution in [2.24, 2.45) is 5.41 Å². The van der Waals surface area contributed by atoms with Crippen molar-refractivity contribution in [3.05, 3.63) is 48.6 Å². The van der Waals surface area contributed by atoms with Gasteiger partial charge in [-0.2, -0.15) is 0 Å². The third-order valence-corrected chi connectivity index (χ3v) is 9.23. The lowest BCUT2D eigenvalue weighted by atomic mass is 9.73.